The average molecular weight is 508 g/mol. The quantitative estimate of drug-likeness (QED) is 0.374. The summed E-state index contributed by atoms with van der Waals surface area (Å²) in [6.07, 6.45) is 2.19. The van der Waals surface area contributed by atoms with Crippen LogP contribution in [-0.2, 0) is 17.8 Å². The zero-order valence-corrected chi connectivity index (χ0v) is 22.5. The zero-order chi connectivity index (χ0) is 26.9. The highest BCUT2D eigenvalue weighted by Gasteiger charge is 2.24. The molecule has 0 radical (unpaired) electrons. The second-order valence-corrected chi connectivity index (χ2v) is 9.28. The van der Waals surface area contributed by atoms with Crippen LogP contribution in [0.4, 0.5) is 10.5 Å². The van der Waals surface area contributed by atoms with Gasteiger partial charge in [0.2, 0.25) is 5.91 Å². The van der Waals surface area contributed by atoms with Crippen molar-refractivity contribution in [1.82, 2.24) is 9.80 Å². The molecule has 0 bridgehead atoms. The molecule has 0 aliphatic heterocycles. The molecule has 1 N–H and O–H groups in total. The lowest BCUT2D eigenvalue weighted by Gasteiger charge is -2.30. The number of methoxy groups -OCH3 is 2. The van der Waals surface area contributed by atoms with Crippen LogP contribution >= 0.6 is 0 Å². The highest BCUT2D eigenvalue weighted by atomic mass is 16.5. The second kappa shape index (κ2) is 12.9. The number of nitrogens with zero attached hydrogens (tertiary/aromatic N) is 2. The fraction of sp³-hybridized carbons (Fsp3) is 0.379. The van der Waals surface area contributed by atoms with E-state index in [0.29, 0.717) is 42.5 Å². The predicted octanol–water partition coefficient (Wildman–Crippen LogP) is 5.43. The van der Waals surface area contributed by atoms with Crippen LogP contribution in [0.1, 0.15) is 36.3 Å². The largest absolute Gasteiger partial charge is 0.493 e. The van der Waals surface area contributed by atoms with Crippen LogP contribution in [0.15, 0.2) is 59.2 Å². The molecular weight excluding hydrogens is 470 g/mol. The number of benzene rings is 2. The minimum Gasteiger partial charge on any atom is -0.493 e. The number of hydrogen-bond donors (Lipinski definition) is 1. The van der Waals surface area contributed by atoms with E-state index in [4.69, 9.17) is 13.9 Å². The third kappa shape index (κ3) is 7.52. The fourth-order valence-corrected chi connectivity index (χ4v) is 3.93. The van der Waals surface area contributed by atoms with Crippen molar-refractivity contribution in [2.75, 3.05) is 32.6 Å². The standard InChI is InChI=1S/C29H37N3O5/c1-20(2)32(29(34)30-24-11-9-21(3)22(4)16-24)19-28(33)31(18-25-8-7-15-37-25)14-13-23-10-12-26(35-5)27(17-23)36-6/h7-12,15-17,20H,13-14,18-19H2,1-6H3,(H,30,34). The van der Waals surface area contributed by atoms with Gasteiger partial charge in [-0.3, -0.25) is 4.79 Å². The maximum atomic E-state index is 13.5. The van der Waals surface area contributed by atoms with Crippen LogP contribution in [0, 0.1) is 13.8 Å². The highest BCUT2D eigenvalue weighted by molar-refractivity contribution is 5.92. The molecule has 37 heavy (non-hydrogen) atoms. The molecule has 0 saturated heterocycles. The topological polar surface area (TPSA) is 84.2 Å². The Bertz CT molecular complexity index is 1190. The van der Waals surface area contributed by atoms with Gasteiger partial charge in [-0.1, -0.05) is 12.1 Å². The van der Waals surface area contributed by atoms with E-state index < -0.39 is 0 Å². The fourth-order valence-electron chi connectivity index (χ4n) is 3.93. The summed E-state index contributed by atoms with van der Waals surface area (Å²) in [4.78, 5) is 29.9. The first kappa shape index (κ1) is 27.6. The minimum atomic E-state index is -0.315. The van der Waals surface area contributed by atoms with E-state index in [1.807, 2.05) is 70.2 Å². The molecule has 3 aromatic rings. The first-order valence-electron chi connectivity index (χ1n) is 12.4. The maximum absolute atomic E-state index is 13.5. The van der Waals surface area contributed by atoms with Gasteiger partial charge in [-0.2, -0.15) is 0 Å². The van der Waals surface area contributed by atoms with E-state index in [1.165, 1.54) is 0 Å². The Morgan fingerprint density at radius 2 is 1.73 bits per heavy atom. The molecule has 0 saturated carbocycles. The van der Waals surface area contributed by atoms with Crippen molar-refractivity contribution in [3.05, 3.63) is 77.2 Å². The maximum Gasteiger partial charge on any atom is 0.322 e. The van der Waals surface area contributed by atoms with Crippen molar-refractivity contribution in [3.63, 3.8) is 0 Å². The number of anilines is 1. The Morgan fingerprint density at radius 3 is 2.35 bits per heavy atom. The molecule has 0 spiro atoms. The number of nitrogens with one attached hydrogen (secondary N) is 1. The molecule has 198 valence electrons. The Morgan fingerprint density at radius 1 is 0.973 bits per heavy atom. The van der Waals surface area contributed by atoms with Crippen LogP contribution in [0.3, 0.4) is 0 Å². The number of carbonyl (C=O) groups excluding carboxylic acids is 2. The first-order chi connectivity index (χ1) is 17.7. The lowest BCUT2D eigenvalue weighted by molar-refractivity contribution is -0.133. The molecule has 0 aliphatic rings. The molecule has 0 unspecified atom stereocenters. The van der Waals surface area contributed by atoms with Gasteiger partial charge in [-0.05, 0) is 87.2 Å². The summed E-state index contributed by atoms with van der Waals surface area (Å²) in [7, 11) is 3.19. The molecule has 3 rings (SSSR count). The summed E-state index contributed by atoms with van der Waals surface area (Å²) < 4.78 is 16.2. The SMILES string of the molecule is COc1ccc(CCN(Cc2ccco2)C(=O)CN(C(=O)Nc2ccc(C)c(C)c2)C(C)C)cc1OC. The molecule has 1 heterocycles. The summed E-state index contributed by atoms with van der Waals surface area (Å²) in [6, 6.07) is 14.6. The van der Waals surface area contributed by atoms with Crippen molar-refractivity contribution in [1.29, 1.82) is 0 Å². The van der Waals surface area contributed by atoms with Crippen molar-refractivity contribution < 1.29 is 23.5 Å². The third-order valence-electron chi connectivity index (χ3n) is 6.35. The average Bonchev–Trinajstić information content (AvgIpc) is 3.39. The predicted molar refractivity (Wildman–Crippen MR) is 144 cm³/mol. The van der Waals surface area contributed by atoms with Gasteiger partial charge in [0.15, 0.2) is 11.5 Å². The summed E-state index contributed by atoms with van der Waals surface area (Å²) in [5, 5.41) is 2.93. The number of urea groups is 1. The summed E-state index contributed by atoms with van der Waals surface area (Å²) >= 11 is 0. The Kier molecular flexibility index (Phi) is 9.60. The number of furan rings is 1. The molecule has 8 heteroatoms. The first-order valence-corrected chi connectivity index (χ1v) is 12.4. The van der Waals surface area contributed by atoms with Crippen LogP contribution in [0.25, 0.3) is 0 Å². The number of rotatable bonds is 11. The second-order valence-electron chi connectivity index (χ2n) is 9.28. The van der Waals surface area contributed by atoms with Gasteiger partial charge in [0.25, 0.3) is 0 Å². The number of ether oxygens (including phenoxy) is 2. The Balaban J connectivity index is 1.73. The van der Waals surface area contributed by atoms with Crippen molar-refractivity contribution >= 4 is 17.6 Å². The van der Waals surface area contributed by atoms with Crippen LogP contribution in [0.5, 0.6) is 11.5 Å². The minimum absolute atomic E-state index is 0.0546. The van der Waals surface area contributed by atoms with Gasteiger partial charge >= 0.3 is 6.03 Å². The van der Waals surface area contributed by atoms with Crippen LogP contribution in [0.2, 0.25) is 0 Å². The normalized spacial score (nSPS) is 10.8. The van der Waals surface area contributed by atoms with E-state index in [0.717, 1.165) is 16.7 Å². The number of amides is 3. The molecule has 3 amide bonds. The lowest BCUT2D eigenvalue weighted by Crippen LogP contribution is -2.47. The molecular formula is C29H37N3O5. The Labute approximate surface area is 219 Å². The lowest BCUT2D eigenvalue weighted by atomic mass is 10.1. The van der Waals surface area contributed by atoms with E-state index in [1.54, 1.807) is 36.3 Å². The van der Waals surface area contributed by atoms with Gasteiger partial charge in [0, 0.05) is 18.3 Å². The van der Waals surface area contributed by atoms with Gasteiger partial charge in [0.05, 0.1) is 27.0 Å². The van der Waals surface area contributed by atoms with Crippen molar-refractivity contribution in [3.8, 4) is 11.5 Å². The summed E-state index contributed by atoms with van der Waals surface area (Å²) in [5.41, 5.74) is 3.94. The van der Waals surface area contributed by atoms with Crippen molar-refractivity contribution in [2.24, 2.45) is 0 Å². The molecule has 0 fully saturated rings. The van der Waals surface area contributed by atoms with E-state index in [2.05, 4.69) is 5.32 Å². The van der Waals surface area contributed by atoms with Crippen molar-refractivity contribution in [2.45, 2.75) is 46.7 Å². The summed E-state index contributed by atoms with van der Waals surface area (Å²) in [6.45, 7) is 8.52. The Hall–Kier alpha value is -3.94. The highest BCUT2D eigenvalue weighted by Crippen LogP contribution is 2.28. The van der Waals surface area contributed by atoms with Crippen LogP contribution in [-0.4, -0.2) is 55.1 Å². The smallest absolute Gasteiger partial charge is 0.322 e. The molecule has 1 aromatic heterocycles. The molecule has 0 atom stereocenters. The zero-order valence-electron chi connectivity index (χ0n) is 22.5. The van der Waals surface area contributed by atoms with Gasteiger partial charge < -0.3 is 29.0 Å². The monoisotopic (exact) mass is 507 g/mol. The van der Waals surface area contributed by atoms with Crippen LogP contribution < -0.4 is 14.8 Å². The number of aryl methyl sites for hydroxylation is 2. The van der Waals surface area contributed by atoms with Gasteiger partial charge in [-0.25, -0.2) is 4.79 Å². The number of hydrogen-bond acceptors (Lipinski definition) is 5. The van der Waals surface area contributed by atoms with E-state index in [-0.39, 0.29) is 24.5 Å². The number of carbonyl (C=O) groups is 2. The van der Waals surface area contributed by atoms with E-state index >= 15 is 0 Å². The van der Waals surface area contributed by atoms with Gasteiger partial charge in [0.1, 0.15) is 12.3 Å². The van der Waals surface area contributed by atoms with Gasteiger partial charge in [-0.15, -0.1) is 0 Å². The molecule has 8 nitrogen and oxygen atoms in total. The third-order valence-corrected chi connectivity index (χ3v) is 6.35. The van der Waals surface area contributed by atoms with E-state index in [9.17, 15) is 9.59 Å². The molecule has 0 aliphatic carbocycles. The molecule has 2 aromatic carbocycles. The summed E-state index contributed by atoms with van der Waals surface area (Å²) in [5.74, 6) is 1.80.